The molecule has 0 aromatic carbocycles. The molecule has 0 atom stereocenters. The van der Waals surface area contributed by atoms with Crippen molar-refractivity contribution in [2.45, 2.75) is 18.5 Å². The normalized spacial score (nSPS) is 11.4. The molecule has 0 amide bonds. The molecular weight excluding hydrogens is 284 g/mol. The minimum atomic E-state index is -3.84. The molecule has 0 radical (unpaired) electrons. The van der Waals surface area contributed by atoms with Gasteiger partial charge in [0, 0.05) is 18.2 Å². The summed E-state index contributed by atoms with van der Waals surface area (Å²) in [5.74, 6) is 0.0219. The molecule has 10 heteroatoms. The summed E-state index contributed by atoms with van der Waals surface area (Å²) in [6.45, 7) is 3.00. The summed E-state index contributed by atoms with van der Waals surface area (Å²) in [5, 5.41) is 14.9. The second kappa shape index (κ2) is 5.84. The molecule has 0 fully saturated rings. The molecule has 2 aromatic heterocycles. The minimum absolute atomic E-state index is 0.0219. The van der Waals surface area contributed by atoms with E-state index in [1.807, 2.05) is 6.92 Å². The summed E-state index contributed by atoms with van der Waals surface area (Å²) in [6.07, 6.45) is 1.44. The Kier molecular flexibility index (Phi) is 4.15. The van der Waals surface area contributed by atoms with Crippen LogP contribution in [0.3, 0.4) is 0 Å². The Morgan fingerprint density at radius 3 is 2.75 bits per heavy atom. The molecule has 0 spiro atoms. The third-order valence-electron chi connectivity index (χ3n) is 2.43. The van der Waals surface area contributed by atoms with Gasteiger partial charge in [0.1, 0.15) is 0 Å². The van der Waals surface area contributed by atoms with Gasteiger partial charge in [-0.15, -0.1) is 0 Å². The quantitative estimate of drug-likeness (QED) is 0.563. The number of aromatic nitrogens is 4. The predicted octanol–water partition coefficient (Wildman–Crippen LogP) is -0.597. The lowest BCUT2D eigenvalue weighted by atomic mass is 10.3. The molecule has 2 heterocycles. The molecule has 0 saturated heterocycles. The molecule has 0 aliphatic carbocycles. The predicted molar refractivity (Wildman–Crippen MR) is 71.6 cm³/mol. The number of H-pyrrole nitrogens is 2. The molecule has 9 nitrogen and oxygen atoms in total. The van der Waals surface area contributed by atoms with Crippen LogP contribution in [0, 0.1) is 0 Å². The molecule has 0 bridgehead atoms. The zero-order valence-electron chi connectivity index (χ0n) is 10.7. The second-order valence-electron chi connectivity index (χ2n) is 3.92. The number of sulfonamides is 1. The highest BCUT2D eigenvalue weighted by atomic mass is 32.2. The van der Waals surface area contributed by atoms with Crippen molar-refractivity contribution in [2.24, 2.45) is 0 Å². The number of hydrogen-bond donors (Lipinski definition) is 4. The van der Waals surface area contributed by atoms with Crippen LogP contribution in [0.15, 0.2) is 28.2 Å². The molecular formula is C10H14N6O3S. The second-order valence-corrected chi connectivity index (χ2v) is 5.54. The maximum absolute atomic E-state index is 12.2. The van der Waals surface area contributed by atoms with Crippen molar-refractivity contribution in [3.05, 3.63) is 34.2 Å². The van der Waals surface area contributed by atoms with Gasteiger partial charge in [0.2, 0.25) is 0 Å². The number of hydrogen-bond acceptors (Lipinski definition) is 6. The van der Waals surface area contributed by atoms with Gasteiger partial charge in [-0.2, -0.15) is 18.6 Å². The van der Waals surface area contributed by atoms with Gasteiger partial charge in [0.25, 0.3) is 15.6 Å². The van der Waals surface area contributed by atoms with E-state index in [4.69, 9.17) is 0 Å². The summed E-state index contributed by atoms with van der Waals surface area (Å²) in [4.78, 5) is 10.9. The average Bonchev–Trinajstić information content (AvgIpc) is 2.88. The van der Waals surface area contributed by atoms with E-state index in [0.717, 1.165) is 0 Å². The van der Waals surface area contributed by atoms with Crippen molar-refractivity contribution in [1.82, 2.24) is 25.7 Å². The molecule has 0 saturated carbocycles. The first kappa shape index (κ1) is 14.2. The van der Waals surface area contributed by atoms with E-state index in [2.05, 4.69) is 30.4 Å². The van der Waals surface area contributed by atoms with Crippen LogP contribution in [0.4, 0.5) is 5.82 Å². The molecule has 0 unspecified atom stereocenters. The molecule has 20 heavy (non-hydrogen) atoms. The van der Waals surface area contributed by atoms with Crippen LogP contribution in [-0.4, -0.2) is 35.4 Å². The summed E-state index contributed by atoms with van der Waals surface area (Å²) < 4.78 is 26.6. The summed E-state index contributed by atoms with van der Waals surface area (Å²) in [7, 11) is -3.84. The van der Waals surface area contributed by atoms with Gasteiger partial charge in [-0.25, -0.2) is 5.10 Å². The zero-order valence-corrected chi connectivity index (χ0v) is 11.5. The number of nitrogens with one attached hydrogen (secondary N) is 4. The molecule has 108 valence electrons. The Morgan fingerprint density at radius 2 is 2.10 bits per heavy atom. The van der Waals surface area contributed by atoms with Crippen LogP contribution in [-0.2, 0) is 16.6 Å². The van der Waals surface area contributed by atoms with E-state index in [9.17, 15) is 13.2 Å². The van der Waals surface area contributed by atoms with E-state index in [-0.39, 0.29) is 10.8 Å². The smallest absolute Gasteiger partial charge is 0.280 e. The van der Waals surface area contributed by atoms with Gasteiger partial charge in [-0.05, 0) is 12.6 Å². The SMILES string of the molecule is CCNCc1cn[nH]c1S(=O)(=O)Nc1ccc(=O)[nH]n1. The monoisotopic (exact) mass is 298 g/mol. The first-order valence-corrected chi connectivity index (χ1v) is 7.33. The highest BCUT2D eigenvalue weighted by molar-refractivity contribution is 7.92. The van der Waals surface area contributed by atoms with Crippen molar-refractivity contribution in [3.8, 4) is 0 Å². The Balaban J connectivity index is 2.24. The van der Waals surface area contributed by atoms with Crippen LogP contribution < -0.4 is 15.6 Å². The van der Waals surface area contributed by atoms with Crippen LogP contribution >= 0.6 is 0 Å². The Labute approximate surface area is 114 Å². The van der Waals surface area contributed by atoms with Gasteiger partial charge < -0.3 is 5.32 Å². The topological polar surface area (TPSA) is 133 Å². The van der Waals surface area contributed by atoms with Crippen molar-refractivity contribution in [2.75, 3.05) is 11.3 Å². The maximum Gasteiger partial charge on any atom is 0.280 e. The van der Waals surface area contributed by atoms with Gasteiger partial charge in [-0.1, -0.05) is 6.92 Å². The lowest BCUT2D eigenvalue weighted by molar-refractivity contribution is 0.594. The van der Waals surface area contributed by atoms with E-state index in [0.29, 0.717) is 18.7 Å². The summed E-state index contributed by atoms with van der Waals surface area (Å²) in [6, 6.07) is 2.45. The fourth-order valence-corrected chi connectivity index (χ4v) is 2.64. The largest absolute Gasteiger partial charge is 0.313 e. The highest BCUT2D eigenvalue weighted by Crippen LogP contribution is 2.15. The van der Waals surface area contributed by atoms with E-state index < -0.39 is 15.6 Å². The van der Waals surface area contributed by atoms with Gasteiger partial charge in [-0.3, -0.25) is 14.6 Å². The third-order valence-corrected chi connectivity index (χ3v) is 3.80. The van der Waals surface area contributed by atoms with Crippen molar-refractivity contribution in [1.29, 1.82) is 0 Å². The van der Waals surface area contributed by atoms with Crippen LogP contribution in [0.1, 0.15) is 12.5 Å². The van der Waals surface area contributed by atoms with Gasteiger partial charge in [0.05, 0.1) is 6.20 Å². The van der Waals surface area contributed by atoms with E-state index in [1.165, 1.54) is 18.3 Å². The van der Waals surface area contributed by atoms with Crippen molar-refractivity contribution in [3.63, 3.8) is 0 Å². The fraction of sp³-hybridized carbons (Fsp3) is 0.300. The number of anilines is 1. The van der Waals surface area contributed by atoms with Crippen LogP contribution in [0.25, 0.3) is 0 Å². The molecule has 4 N–H and O–H groups in total. The minimum Gasteiger partial charge on any atom is -0.313 e. The zero-order chi connectivity index (χ0) is 14.6. The number of rotatable bonds is 6. The maximum atomic E-state index is 12.2. The van der Waals surface area contributed by atoms with Gasteiger partial charge >= 0.3 is 0 Å². The molecule has 2 rings (SSSR count). The highest BCUT2D eigenvalue weighted by Gasteiger charge is 2.21. The lowest BCUT2D eigenvalue weighted by Gasteiger charge is -2.07. The first-order valence-electron chi connectivity index (χ1n) is 5.84. The Bertz CT molecular complexity index is 715. The van der Waals surface area contributed by atoms with Crippen molar-refractivity contribution < 1.29 is 8.42 Å². The molecule has 0 aliphatic heterocycles. The van der Waals surface area contributed by atoms with Crippen LogP contribution in [0.2, 0.25) is 0 Å². The van der Waals surface area contributed by atoms with E-state index in [1.54, 1.807) is 0 Å². The van der Waals surface area contributed by atoms with E-state index >= 15 is 0 Å². The average molecular weight is 298 g/mol. The lowest BCUT2D eigenvalue weighted by Crippen LogP contribution is -2.20. The van der Waals surface area contributed by atoms with Crippen molar-refractivity contribution >= 4 is 15.8 Å². The Hall–Kier alpha value is -2.20. The summed E-state index contributed by atoms with van der Waals surface area (Å²) in [5.41, 5.74) is 0.103. The fourth-order valence-electron chi connectivity index (χ4n) is 1.51. The summed E-state index contributed by atoms with van der Waals surface area (Å²) >= 11 is 0. The Morgan fingerprint density at radius 1 is 1.30 bits per heavy atom. The van der Waals surface area contributed by atoms with Gasteiger partial charge in [0.15, 0.2) is 10.8 Å². The number of aromatic amines is 2. The molecule has 0 aliphatic rings. The molecule has 2 aromatic rings. The van der Waals surface area contributed by atoms with Crippen LogP contribution in [0.5, 0.6) is 0 Å². The number of nitrogens with zero attached hydrogens (tertiary/aromatic N) is 2. The third kappa shape index (κ3) is 3.22. The first-order chi connectivity index (χ1) is 9.53. The standard InChI is InChI=1S/C10H14N6O3S/c1-2-11-5-7-6-12-15-10(7)20(18,19)16-8-3-4-9(17)14-13-8/h3-4,6,11H,2,5H2,1H3,(H,12,15)(H,13,16)(H,14,17).